The molecule has 0 heterocycles. The van der Waals surface area contributed by atoms with E-state index in [1.165, 1.54) is 12.1 Å². The smallest absolute Gasteiger partial charge is 0.251 e. The first-order valence-electron chi connectivity index (χ1n) is 5.47. The Morgan fingerprint density at radius 3 is 2.67 bits per heavy atom. The van der Waals surface area contributed by atoms with Crippen molar-refractivity contribution < 1.29 is 9.90 Å². The highest BCUT2D eigenvalue weighted by Gasteiger charge is 2.06. The van der Waals surface area contributed by atoms with Crippen molar-refractivity contribution >= 4 is 17.5 Å². The molecule has 0 bridgehead atoms. The van der Waals surface area contributed by atoms with Gasteiger partial charge in [-0.05, 0) is 29.8 Å². The summed E-state index contributed by atoms with van der Waals surface area (Å²) in [5.74, 6) is -0.175. The molecule has 3 nitrogen and oxygen atoms in total. The number of rotatable bonds is 3. The summed E-state index contributed by atoms with van der Waals surface area (Å²) in [4.78, 5) is 11.8. The second-order valence-electron chi connectivity index (χ2n) is 3.82. The summed E-state index contributed by atoms with van der Waals surface area (Å²) >= 11 is 5.99. The Kier molecular flexibility index (Phi) is 3.85. The van der Waals surface area contributed by atoms with Crippen LogP contribution in [0.2, 0.25) is 5.02 Å². The number of carbonyl (C=O) groups is 1. The summed E-state index contributed by atoms with van der Waals surface area (Å²) in [7, 11) is 0. The van der Waals surface area contributed by atoms with Crippen LogP contribution >= 0.6 is 11.6 Å². The van der Waals surface area contributed by atoms with Gasteiger partial charge in [-0.15, -0.1) is 0 Å². The van der Waals surface area contributed by atoms with Crippen molar-refractivity contribution in [1.82, 2.24) is 5.32 Å². The monoisotopic (exact) mass is 261 g/mol. The number of halogens is 1. The molecule has 0 radical (unpaired) electrons. The van der Waals surface area contributed by atoms with Crippen molar-refractivity contribution in [1.29, 1.82) is 0 Å². The Hall–Kier alpha value is -2.00. The molecule has 4 heteroatoms. The highest BCUT2D eigenvalue weighted by atomic mass is 35.5. The SMILES string of the molecule is O=C(NCc1ccccc1Cl)c1cccc(O)c1. The Bertz CT molecular complexity index is 569. The Labute approximate surface area is 110 Å². The van der Waals surface area contributed by atoms with E-state index in [2.05, 4.69) is 5.32 Å². The van der Waals surface area contributed by atoms with E-state index in [4.69, 9.17) is 11.6 Å². The van der Waals surface area contributed by atoms with Crippen LogP contribution in [-0.2, 0) is 6.54 Å². The Morgan fingerprint density at radius 1 is 1.17 bits per heavy atom. The van der Waals surface area contributed by atoms with Crippen LogP contribution in [0.1, 0.15) is 15.9 Å². The summed E-state index contributed by atoms with van der Waals surface area (Å²) < 4.78 is 0. The van der Waals surface area contributed by atoms with Gasteiger partial charge in [-0.3, -0.25) is 4.79 Å². The van der Waals surface area contributed by atoms with Crippen LogP contribution in [0.15, 0.2) is 48.5 Å². The first-order chi connectivity index (χ1) is 8.66. The summed E-state index contributed by atoms with van der Waals surface area (Å²) in [6, 6.07) is 13.5. The van der Waals surface area contributed by atoms with Gasteiger partial charge in [-0.25, -0.2) is 0 Å². The van der Waals surface area contributed by atoms with Crippen molar-refractivity contribution in [2.45, 2.75) is 6.54 Å². The molecule has 0 unspecified atom stereocenters. The summed E-state index contributed by atoms with van der Waals surface area (Å²) in [5, 5.41) is 12.7. The quantitative estimate of drug-likeness (QED) is 0.892. The third-order valence-electron chi connectivity index (χ3n) is 2.51. The van der Waals surface area contributed by atoms with E-state index in [9.17, 15) is 9.90 Å². The largest absolute Gasteiger partial charge is 0.508 e. The highest BCUT2D eigenvalue weighted by molar-refractivity contribution is 6.31. The van der Waals surface area contributed by atoms with Crippen LogP contribution in [0.25, 0.3) is 0 Å². The lowest BCUT2D eigenvalue weighted by Crippen LogP contribution is -2.22. The number of amides is 1. The van der Waals surface area contributed by atoms with Gasteiger partial charge in [0.15, 0.2) is 0 Å². The number of hydrogen-bond donors (Lipinski definition) is 2. The first-order valence-corrected chi connectivity index (χ1v) is 5.85. The minimum atomic E-state index is -0.245. The minimum absolute atomic E-state index is 0.0698. The molecule has 0 atom stereocenters. The van der Waals surface area contributed by atoms with E-state index in [0.717, 1.165) is 5.56 Å². The topological polar surface area (TPSA) is 49.3 Å². The van der Waals surface area contributed by atoms with E-state index < -0.39 is 0 Å². The normalized spacial score (nSPS) is 10.1. The average Bonchev–Trinajstić information content (AvgIpc) is 2.37. The van der Waals surface area contributed by atoms with Crippen LogP contribution in [0.3, 0.4) is 0 Å². The van der Waals surface area contributed by atoms with Gasteiger partial charge in [0, 0.05) is 17.1 Å². The summed E-state index contributed by atoms with van der Waals surface area (Å²) in [5.41, 5.74) is 1.27. The maximum absolute atomic E-state index is 11.8. The van der Waals surface area contributed by atoms with Gasteiger partial charge < -0.3 is 10.4 Å². The molecule has 0 aliphatic rings. The molecule has 2 N–H and O–H groups in total. The van der Waals surface area contributed by atoms with Crippen LogP contribution in [0.4, 0.5) is 0 Å². The molecule has 2 rings (SSSR count). The number of aromatic hydroxyl groups is 1. The van der Waals surface area contributed by atoms with Crippen molar-refractivity contribution in [3.63, 3.8) is 0 Å². The second kappa shape index (κ2) is 5.56. The minimum Gasteiger partial charge on any atom is -0.508 e. The standard InChI is InChI=1S/C14H12ClNO2/c15-13-7-2-1-4-11(13)9-16-14(18)10-5-3-6-12(17)8-10/h1-8,17H,9H2,(H,16,18). The van der Waals surface area contributed by atoms with Crippen molar-refractivity contribution in [2.24, 2.45) is 0 Å². The van der Waals surface area contributed by atoms with E-state index in [-0.39, 0.29) is 11.7 Å². The first kappa shape index (κ1) is 12.5. The van der Waals surface area contributed by atoms with Crippen molar-refractivity contribution in [3.8, 4) is 5.75 Å². The third kappa shape index (κ3) is 3.02. The molecule has 0 fully saturated rings. The Balaban J connectivity index is 2.03. The number of nitrogens with one attached hydrogen (secondary N) is 1. The van der Waals surface area contributed by atoms with E-state index >= 15 is 0 Å². The molecule has 0 aliphatic heterocycles. The zero-order valence-corrected chi connectivity index (χ0v) is 10.3. The van der Waals surface area contributed by atoms with Crippen LogP contribution in [-0.4, -0.2) is 11.0 Å². The van der Waals surface area contributed by atoms with Gasteiger partial charge in [0.2, 0.25) is 0 Å². The summed E-state index contributed by atoms with van der Waals surface area (Å²) in [6.07, 6.45) is 0. The molecule has 0 saturated heterocycles. The lowest BCUT2D eigenvalue weighted by Gasteiger charge is -2.07. The fraction of sp³-hybridized carbons (Fsp3) is 0.0714. The maximum atomic E-state index is 11.8. The van der Waals surface area contributed by atoms with Crippen LogP contribution < -0.4 is 5.32 Å². The fourth-order valence-electron chi connectivity index (χ4n) is 1.57. The van der Waals surface area contributed by atoms with Gasteiger partial charge in [0.25, 0.3) is 5.91 Å². The number of hydrogen-bond acceptors (Lipinski definition) is 2. The molecule has 2 aromatic rings. The van der Waals surface area contributed by atoms with E-state index in [0.29, 0.717) is 17.1 Å². The second-order valence-corrected chi connectivity index (χ2v) is 4.23. The number of carbonyl (C=O) groups excluding carboxylic acids is 1. The number of phenolic OH excluding ortho intramolecular Hbond substituents is 1. The number of phenols is 1. The van der Waals surface area contributed by atoms with Gasteiger partial charge in [-0.2, -0.15) is 0 Å². The molecule has 18 heavy (non-hydrogen) atoms. The fourth-order valence-corrected chi connectivity index (χ4v) is 1.77. The molecular formula is C14H12ClNO2. The lowest BCUT2D eigenvalue weighted by molar-refractivity contribution is 0.0950. The van der Waals surface area contributed by atoms with Crippen molar-refractivity contribution in [2.75, 3.05) is 0 Å². The van der Waals surface area contributed by atoms with Crippen LogP contribution in [0.5, 0.6) is 5.75 Å². The molecule has 0 aliphatic carbocycles. The molecule has 0 aromatic heterocycles. The molecule has 2 aromatic carbocycles. The zero-order chi connectivity index (χ0) is 13.0. The predicted molar refractivity (Wildman–Crippen MR) is 70.7 cm³/mol. The molecule has 1 amide bonds. The molecular weight excluding hydrogens is 250 g/mol. The maximum Gasteiger partial charge on any atom is 0.251 e. The van der Waals surface area contributed by atoms with Crippen molar-refractivity contribution in [3.05, 3.63) is 64.7 Å². The van der Waals surface area contributed by atoms with E-state index in [1.807, 2.05) is 18.2 Å². The van der Waals surface area contributed by atoms with E-state index in [1.54, 1.807) is 18.2 Å². The van der Waals surface area contributed by atoms with Gasteiger partial charge in [-0.1, -0.05) is 35.9 Å². The predicted octanol–water partition coefficient (Wildman–Crippen LogP) is 2.98. The lowest BCUT2D eigenvalue weighted by atomic mass is 10.2. The highest BCUT2D eigenvalue weighted by Crippen LogP contribution is 2.15. The molecule has 0 saturated carbocycles. The van der Waals surface area contributed by atoms with Gasteiger partial charge in [0.1, 0.15) is 5.75 Å². The van der Waals surface area contributed by atoms with Gasteiger partial charge >= 0.3 is 0 Å². The zero-order valence-electron chi connectivity index (χ0n) is 9.56. The summed E-state index contributed by atoms with van der Waals surface area (Å²) in [6.45, 7) is 0.355. The number of benzene rings is 2. The van der Waals surface area contributed by atoms with Gasteiger partial charge in [0.05, 0.1) is 0 Å². The molecule has 0 spiro atoms. The average molecular weight is 262 g/mol. The Morgan fingerprint density at radius 2 is 1.94 bits per heavy atom. The third-order valence-corrected chi connectivity index (χ3v) is 2.87. The van der Waals surface area contributed by atoms with Crippen LogP contribution in [0, 0.1) is 0 Å². The molecule has 92 valence electrons.